The maximum absolute atomic E-state index is 12.7. The van der Waals surface area contributed by atoms with Crippen LogP contribution in [-0.4, -0.2) is 23.2 Å². The number of aromatic nitrogens is 1. The minimum Gasteiger partial charge on any atom is -0.496 e. The smallest absolute Gasteiger partial charge is 0.452 e. The number of halogens is 3. The van der Waals surface area contributed by atoms with Gasteiger partial charge in [0, 0.05) is 0 Å². The van der Waals surface area contributed by atoms with Crippen LogP contribution in [-0.2, 0) is 6.18 Å². The molecule has 0 aliphatic heterocycles. The topological polar surface area (TPSA) is 72.6 Å². The van der Waals surface area contributed by atoms with Crippen molar-refractivity contribution in [1.29, 1.82) is 0 Å². The molecule has 0 saturated heterocycles. The van der Waals surface area contributed by atoms with Gasteiger partial charge >= 0.3 is 12.1 Å². The highest BCUT2D eigenvalue weighted by Crippen LogP contribution is 2.37. The molecule has 0 saturated carbocycles. The van der Waals surface area contributed by atoms with Gasteiger partial charge in [0.1, 0.15) is 5.75 Å². The van der Waals surface area contributed by atoms with E-state index in [1.165, 1.54) is 25.3 Å². The summed E-state index contributed by atoms with van der Waals surface area (Å²) in [5.41, 5.74) is -1.05. The number of ether oxygens (including phenoxy) is 1. The number of carbonyl (C=O) groups is 1. The first-order valence-corrected chi connectivity index (χ1v) is 5.29. The van der Waals surface area contributed by atoms with E-state index in [0.717, 1.165) is 0 Å². The minimum atomic E-state index is -4.94. The van der Waals surface area contributed by atoms with Crippen LogP contribution in [0.4, 0.5) is 13.2 Å². The van der Waals surface area contributed by atoms with Gasteiger partial charge in [-0.05, 0) is 12.1 Å². The first-order chi connectivity index (χ1) is 9.34. The van der Waals surface area contributed by atoms with Crippen molar-refractivity contribution in [1.82, 2.24) is 4.98 Å². The quantitative estimate of drug-likeness (QED) is 0.939. The Kier molecular flexibility index (Phi) is 3.39. The van der Waals surface area contributed by atoms with Crippen LogP contribution in [0.1, 0.15) is 16.2 Å². The fourth-order valence-corrected chi connectivity index (χ4v) is 1.59. The molecule has 0 bridgehead atoms. The van der Waals surface area contributed by atoms with E-state index in [9.17, 15) is 18.0 Å². The summed E-state index contributed by atoms with van der Waals surface area (Å²) in [6.45, 7) is 0. The van der Waals surface area contributed by atoms with Crippen LogP contribution in [0.3, 0.4) is 0 Å². The van der Waals surface area contributed by atoms with Gasteiger partial charge in [-0.3, -0.25) is 0 Å². The molecule has 1 aromatic carbocycles. The van der Waals surface area contributed by atoms with Crippen LogP contribution >= 0.6 is 0 Å². The Hall–Kier alpha value is -2.51. The summed E-state index contributed by atoms with van der Waals surface area (Å²) in [7, 11) is 1.32. The molecule has 0 atom stereocenters. The molecule has 0 fully saturated rings. The molecular weight excluding hydrogens is 279 g/mol. The molecule has 2 rings (SSSR count). The second-order valence-electron chi connectivity index (χ2n) is 3.70. The number of para-hydroxylation sites is 1. The van der Waals surface area contributed by atoms with Crippen molar-refractivity contribution in [2.24, 2.45) is 0 Å². The molecule has 0 aliphatic rings. The highest BCUT2D eigenvalue weighted by molar-refractivity contribution is 5.87. The number of alkyl halides is 3. The van der Waals surface area contributed by atoms with Gasteiger partial charge in [0.2, 0.25) is 11.7 Å². The van der Waals surface area contributed by atoms with E-state index in [-0.39, 0.29) is 11.3 Å². The molecule has 0 spiro atoms. The summed E-state index contributed by atoms with van der Waals surface area (Å²) in [5, 5.41) is 8.76. The lowest BCUT2D eigenvalue weighted by molar-refractivity contribution is -0.153. The minimum absolute atomic E-state index is 0.132. The second-order valence-corrected chi connectivity index (χ2v) is 3.70. The first-order valence-electron chi connectivity index (χ1n) is 5.29. The number of nitrogens with zero attached hydrogens (tertiary/aromatic N) is 1. The van der Waals surface area contributed by atoms with Crippen molar-refractivity contribution in [2.75, 3.05) is 7.11 Å². The van der Waals surface area contributed by atoms with Crippen LogP contribution < -0.4 is 4.74 Å². The lowest BCUT2D eigenvalue weighted by Gasteiger charge is -2.04. The molecule has 20 heavy (non-hydrogen) atoms. The normalized spacial score (nSPS) is 11.4. The zero-order valence-corrected chi connectivity index (χ0v) is 10.1. The number of carboxylic acids is 1. The molecule has 1 heterocycles. The van der Waals surface area contributed by atoms with E-state index in [1.807, 2.05) is 0 Å². The lowest BCUT2D eigenvalue weighted by atomic mass is 10.2. The van der Waals surface area contributed by atoms with Gasteiger partial charge < -0.3 is 14.3 Å². The Balaban J connectivity index is 2.62. The second kappa shape index (κ2) is 4.87. The first kappa shape index (κ1) is 13.9. The van der Waals surface area contributed by atoms with Crippen molar-refractivity contribution in [2.45, 2.75) is 6.18 Å². The summed E-state index contributed by atoms with van der Waals surface area (Å²) in [4.78, 5) is 14.2. The summed E-state index contributed by atoms with van der Waals surface area (Å²) < 4.78 is 47.6. The molecule has 0 aliphatic carbocycles. The Bertz CT molecular complexity index is 648. The summed E-state index contributed by atoms with van der Waals surface area (Å²) in [6, 6.07) is 6.05. The van der Waals surface area contributed by atoms with E-state index < -0.39 is 29.5 Å². The fraction of sp³-hybridized carbons (Fsp3) is 0.167. The van der Waals surface area contributed by atoms with Crippen LogP contribution in [0.5, 0.6) is 5.75 Å². The van der Waals surface area contributed by atoms with E-state index >= 15 is 0 Å². The van der Waals surface area contributed by atoms with Gasteiger partial charge in [0.25, 0.3) is 0 Å². The van der Waals surface area contributed by atoms with Crippen molar-refractivity contribution >= 4 is 5.97 Å². The van der Waals surface area contributed by atoms with Gasteiger partial charge in [0.15, 0.2) is 5.69 Å². The SMILES string of the molecule is COc1ccccc1-c1nc(C(=O)O)c(C(F)(F)F)o1. The Morgan fingerprint density at radius 1 is 1.35 bits per heavy atom. The fourth-order valence-electron chi connectivity index (χ4n) is 1.59. The highest BCUT2D eigenvalue weighted by atomic mass is 19.4. The Morgan fingerprint density at radius 2 is 2.00 bits per heavy atom. The van der Waals surface area contributed by atoms with Gasteiger partial charge in [0.05, 0.1) is 12.7 Å². The zero-order valence-electron chi connectivity index (χ0n) is 10.1. The monoisotopic (exact) mass is 287 g/mol. The van der Waals surface area contributed by atoms with Crippen molar-refractivity contribution in [3.05, 3.63) is 35.7 Å². The number of benzene rings is 1. The van der Waals surface area contributed by atoms with Crippen LogP contribution in [0, 0.1) is 0 Å². The predicted molar refractivity (Wildman–Crippen MR) is 60.5 cm³/mol. The van der Waals surface area contributed by atoms with E-state index in [1.54, 1.807) is 6.07 Å². The van der Waals surface area contributed by atoms with E-state index in [2.05, 4.69) is 9.40 Å². The predicted octanol–water partition coefficient (Wildman–Crippen LogP) is 3.07. The maximum atomic E-state index is 12.7. The number of aromatic carboxylic acids is 1. The lowest BCUT2D eigenvalue weighted by Crippen LogP contribution is -2.10. The largest absolute Gasteiger partial charge is 0.496 e. The molecule has 0 radical (unpaired) electrons. The summed E-state index contributed by atoms with van der Waals surface area (Å²) in [6.07, 6.45) is -4.94. The van der Waals surface area contributed by atoms with E-state index in [0.29, 0.717) is 0 Å². The number of oxazole rings is 1. The average molecular weight is 287 g/mol. The van der Waals surface area contributed by atoms with Gasteiger partial charge in [-0.25, -0.2) is 9.78 Å². The molecule has 1 aromatic heterocycles. The third-order valence-corrected chi connectivity index (χ3v) is 2.42. The van der Waals surface area contributed by atoms with Gasteiger partial charge in [-0.1, -0.05) is 12.1 Å². The molecule has 5 nitrogen and oxygen atoms in total. The molecule has 8 heteroatoms. The van der Waals surface area contributed by atoms with Crippen LogP contribution in [0.2, 0.25) is 0 Å². The van der Waals surface area contributed by atoms with Crippen molar-refractivity contribution < 1.29 is 32.2 Å². The molecule has 2 aromatic rings. The highest BCUT2D eigenvalue weighted by Gasteiger charge is 2.42. The molecule has 0 unspecified atom stereocenters. The van der Waals surface area contributed by atoms with Gasteiger partial charge in [-0.2, -0.15) is 13.2 Å². The molecular formula is C12H8F3NO4. The zero-order chi connectivity index (χ0) is 14.9. The van der Waals surface area contributed by atoms with Crippen molar-refractivity contribution in [3.63, 3.8) is 0 Å². The third kappa shape index (κ3) is 2.44. The number of hydrogen-bond acceptors (Lipinski definition) is 4. The summed E-state index contributed by atoms with van der Waals surface area (Å²) in [5.74, 6) is -3.71. The Morgan fingerprint density at radius 3 is 2.50 bits per heavy atom. The van der Waals surface area contributed by atoms with E-state index in [4.69, 9.17) is 9.84 Å². The van der Waals surface area contributed by atoms with Crippen molar-refractivity contribution in [3.8, 4) is 17.2 Å². The summed E-state index contributed by atoms with van der Waals surface area (Å²) >= 11 is 0. The maximum Gasteiger partial charge on any atom is 0.452 e. The average Bonchev–Trinajstić information content (AvgIpc) is 2.83. The number of carboxylic acid groups (broad SMARTS) is 1. The van der Waals surface area contributed by atoms with Crippen LogP contribution in [0.25, 0.3) is 11.5 Å². The number of rotatable bonds is 3. The third-order valence-electron chi connectivity index (χ3n) is 2.42. The molecule has 0 amide bonds. The van der Waals surface area contributed by atoms with Gasteiger partial charge in [-0.15, -0.1) is 0 Å². The number of methoxy groups -OCH3 is 1. The molecule has 1 N–H and O–H groups in total. The standard InChI is InChI=1S/C12H8F3NO4/c1-19-7-5-3-2-4-6(7)10-16-8(11(17)18)9(20-10)12(13,14)15/h2-5H,1H3,(H,17,18). The Labute approximate surface area is 110 Å². The molecule has 106 valence electrons. The number of hydrogen-bond donors (Lipinski definition) is 1. The van der Waals surface area contributed by atoms with Crippen LogP contribution in [0.15, 0.2) is 28.7 Å².